The molecule has 0 saturated heterocycles. The van der Waals surface area contributed by atoms with E-state index in [2.05, 4.69) is 4.98 Å². The van der Waals surface area contributed by atoms with Crippen LogP contribution in [-0.2, 0) is 13.1 Å². The predicted octanol–water partition coefficient (Wildman–Crippen LogP) is 0.906. The molecule has 0 N–H and O–H groups in total. The van der Waals surface area contributed by atoms with Crippen molar-refractivity contribution in [1.29, 1.82) is 0 Å². The molecule has 0 amide bonds. The molecule has 0 unspecified atom stereocenters. The van der Waals surface area contributed by atoms with E-state index in [0.29, 0.717) is 24.1 Å². The molecule has 2 aromatic heterocycles. The Hall–Kier alpha value is -1.91. The molecule has 5 heteroatoms. The molecular formula is C12H15N3O2. The molecule has 0 aliphatic rings. The Morgan fingerprint density at radius 1 is 1.12 bits per heavy atom. The van der Waals surface area contributed by atoms with Crippen molar-refractivity contribution in [3.05, 3.63) is 38.7 Å². The highest BCUT2D eigenvalue weighted by Gasteiger charge is 2.11. The SMILES string of the molecule is CCn1c(=O)c2ccc(C)nc2n(CC)c1=O. The summed E-state index contributed by atoms with van der Waals surface area (Å²) in [5, 5.41) is 0.499. The number of hydrogen-bond donors (Lipinski definition) is 0. The molecule has 2 aromatic rings. The van der Waals surface area contributed by atoms with Gasteiger partial charge in [0, 0.05) is 18.8 Å². The van der Waals surface area contributed by atoms with Crippen LogP contribution in [0, 0.1) is 6.92 Å². The van der Waals surface area contributed by atoms with Gasteiger partial charge in [0.15, 0.2) is 0 Å². The highest BCUT2D eigenvalue weighted by atomic mass is 16.2. The van der Waals surface area contributed by atoms with Crippen LogP contribution in [0.2, 0.25) is 0 Å². The second kappa shape index (κ2) is 4.16. The number of hydrogen-bond acceptors (Lipinski definition) is 3. The maximum atomic E-state index is 12.1. The van der Waals surface area contributed by atoms with Crippen molar-refractivity contribution in [2.24, 2.45) is 0 Å². The van der Waals surface area contributed by atoms with Crippen molar-refractivity contribution in [3.63, 3.8) is 0 Å². The van der Waals surface area contributed by atoms with E-state index in [0.717, 1.165) is 5.69 Å². The van der Waals surface area contributed by atoms with Gasteiger partial charge in [0.1, 0.15) is 5.65 Å². The van der Waals surface area contributed by atoms with Crippen LogP contribution in [0.25, 0.3) is 11.0 Å². The van der Waals surface area contributed by atoms with Crippen molar-refractivity contribution < 1.29 is 0 Å². The van der Waals surface area contributed by atoms with E-state index < -0.39 is 0 Å². The van der Waals surface area contributed by atoms with Crippen LogP contribution in [0.4, 0.5) is 0 Å². The van der Waals surface area contributed by atoms with Gasteiger partial charge in [0.05, 0.1) is 5.39 Å². The molecule has 0 fully saturated rings. The van der Waals surface area contributed by atoms with Crippen LogP contribution in [0.3, 0.4) is 0 Å². The maximum absolute atomic E-state index is 12.1. The molecular weight excluding hydrogens is 218 g/mol. The second-order valence-corrected chi connectivity index (χ2v) is 3.90. The molecule has 0 radical (unpaired) electrons. The second-order valence-electron chi connectivity index (χ2n) is 3.90. The quantitative estimate of drug-likeness (QED) is 0.774. The molecule has 0 atom stereocenters. The van der Waals surface area contributed by atoms with Crippen molar-refractivity contribution in [2.75, 3.05) is 0 Å². The average molecular weight is 233 g/mol. The van der Waals surface area contributed by atoms with Gasteiger partial charge in [-0.1, -0.05) is 0 Å². The van der Waals surface area contributed by atoms with E-state index >= 15 is 0 Å². The first-order valence-corrected chi connectivity index (χ1v) is 5.71. The topological polar surface area (TPSA) is 56.9 Å². The zero-order valence-corrected chi connectivity index (χ0v) is 10.2. The number of nitrogens with zero attached hydrogens (tertiary/aromatic N) is 3. The van der Waals surface area contributed by atoms with Gasteiger partial charge in [0.25, 0.3) is 5.56 Å². The minimum atomic E-state index is -0.286. The summed E-state index contributed by atoms with van der Waals surface area (Å²) in [5.41, 5.74) is 0.732. The third-order valence-corrected chi connectivity index (χ3v) is 2.84. The molecule has 0 bridgehead atoms. The van der Waals surface area contributed by atoms with Crippen LogP contribution in [-0.4, -0.2) is 14.1 Å². The van der Waals surface area contributed by atoms with E-state index in [1.54, 1.807) is 19.1 Å². The Labute approximate surface area is 98.3 Å². The summed E-state index contributed by atoms with van der Waals surface area (Å²) in [4.78, 5) is 28.4. The minimum Gasteiger partial charge on any atom is -0.278 e. The van der Waals surface area contributed by atoms with E-state index in [4.69, 9.17) is 0 Å². The molecule has 2 rings (SSSR count). The van der Waals surface area contributed by atoms with Gasteiger partial charge in [-0.2, -0.15) is 0 Å². The number of fused-ring (bicyclic) bond motifs is 1. The predicted molar refractivity (Wildman–Crippen MR) is 66.3 cm³/mol. The molecule has 2 heterocycles. The van der Waals surface area contributed by atoms with Crippen molar-refractivity contribution in [2.45, 2.75) is 33.9 Å². The van der Waals surface area contributed by atoms with Crippen LogP contribution >= 0.6 is 0 Å². The number of pyridine rings is 1. The lowest BCUT2D eigenvalue weighted by molar-refractivity contribution is 0.604. The minimum absolute atomic E-state index is 0.260. The maximum Gasteiger partial charge on any atom is 0.332 e. The number of aromatic nitrogens is 3. The van der Waals surface area contributed by atoms with Gasteiger partial charge in [-0.15, -0.1) is 0 Å². The lowest BCUT2D eigenvalue weighted by atomic mass is 10.3. The van der Waals surface area contributed by atoms with Gasteiger partial charge in [0.2, 0.25) is 0 Å². The van der Waals surface area contributed by atoms with Crippen LogP contribution in [0.1, 0.15) is 19.5 Å². The fraction of sp³-hybridized carbons (Fsp3) is 0.417. The third-order valence-electron chi connectivity index (χ3n) is 2.84. The Bertz CT molecular complexity index is 682. The van der Waals surface area contributed by atoms with Gasteiger partial charge >= 0.3 is 5.69 Å². The normalized spacial score (nSPS) is 11.0. The lowest BCUT2D eigenvalue weighted by Gasteiger charge is -2.10. The van der Waals surface area contributed by atoms with E-state index in [9.17, 15) is 9.59 Å². The third kappa shape index (κ3) is 1.67. The summed E-state index contributed by atoms with van der Waals surface area (Å²) in [5.74, 6) is 0. The fourth-order valence-corrected chi connectivity index (χ4v) is 1.95. The first kappa shape index (κ1) is 11.6. The summed E-state index contributed by atoms with van der Waals surface area (Å²) in [6.45, 7) is 6.38. The first-order chi connectivity index (χ1) is 8.10. The molecule has 90 valence electrons. The van der Waals surface area contributed by atoms with Crippen molar-refractivity contribution in [3.8, 4) is 0 Å². The lowest BCUT2D eigenvalue weighted by Crippen LogP contribution is -2.39. The fourth-order valence-electron chi connectivity index (χ4n) is 1.95. The van der Waals surface area contributed by atoms with Gasteiger partial charge in [-0.25, -0.2) is 9.78 Å². The van der Waals surface area contributed by atoms with E-state index in [1.165, 1.54) is 9.13 Å². The number of rotatable bonds is 2. The summed E-state index contributed by atoms with van der Waals surface area (Å²) in [6, 6.07) is 3.52. The van der Waals surface area contributed by atoms with E-state index in [-0.39, 0.29) is 11.2 Å². The smallest absolute Gasteiger partial charge is 0.278 e. The Morgan fingerprint density at radius 2 is 1.76 bits per heavy atom. The van der Waals surface area contributed by atoms with Gasteiger partial charge in [-0.3, -0.25) is 13.9 Å². The van der Waals surface area contributed by atoms with Crippen LogP contribution < -0.4 is 11.2 Å². The Balaban J connectivity index is 3.06. The summed E-state index contributed by atoms with van der Waals surface area (Å²) in [6.07, 6.45) is 0. The zero-order valence-electron chi connectivity index (χ0n) is 10.2. The highest BCUT2D eigenvalue weighted by Crippen LogP contribution is 2.06. The average Bonchev–Trinajstić information content (AvgIpc) is 2.30. The molecule has 0 spiro atoms. The van der Waals surface area contributed by atoms with Crippen LogP contribution in [0.15, 0.2) is 21.7 Å². The largest absolute Gasteiger partial charge is 0.332 e. The monoisotopic (exact) mass is 233 g/mol. The summed E-state index contributed by atoms with van der Waals surface area (Å²) < 4.78 is 2.77. The number of aryl methyl sites for hydroxylation is 2. The molecule has 0 aliphatic heterocycles. The van der Waals surface area contributed by atoms with Crippen LogP contribution in [0.5, 0.6) is 0 Å². The zero-order chi connectivity index (χ0) is 12.6. The van der Waals surface area contributed by atoms with Gasteiger partial charge in [-0.05, 0) is 32.9 Å². The first-order valence-electron chi connectivity index (χ1n) is 5.71. The van der Waals surface area contributed by atoms with Crippen molar-refractivity contribution in [1.82, 2.24) is 14.1 Å². The molecule has 0 saturated carbocycles. The van der Waals surface area contributed by atoms with Crippen molar-refractivity contribution >= 4 is 11.0 Å². The van der Waals surface area contributed by atoms with E-state index in [1.807, 2.05) is 13.8 Å². The highest BCUT2D eigenvalue weighted by molar-refractivity contribution is 5.73. The molecule has 5 nitrogen and oxygen atoms in total. The molecule has 0 aliphatic carbocycles. The molecule has 0 aromatic carbocycles. The Kier molecular flexibility index (Phi) is 2.83. The molecule has 17 heavy (non-hydrogen) atoms. The Morgan fingerprint density at radius 3 is 2.35 bits per heavy atom. The summed E-state index contributed by atoms with van der Waals surface area (Å²) >= 11 is 0. The summed E-state index contributed by atoms with van der Waals surface area (Å²) in [7, 11) is 0. The standard InChI is InChI=1S/C12H15N3O2/c1-4-14-10-9(7-6-8(3)13-10)11(16)15(5-2)12(14)17/h6-7H,4-5H2,1-3H3. The van der Waals surface area contributed by atoms with Gasteiger partial charge < -0.3 is 0 Å².